The van der Waals surface area contributed by atoms with Gasteiger partial charge in [0.15, 0.2) is 0 Å². The summed E-state index contributed by atoms with van der Waals surface area (Å²) in [7, 11) is 0. The van der Waals surface area contributed by atoms with Gasteiger partial charge >= 0.3 is 5.97 Å². The van der Waals surface area contributed by atoms with Gasteiger partial charge in [0.05, 0.1) is 30.0 Å². The summed E-state index contributed by atoms with van der Waals surface area (Å²) in [6.07, 6.45) is 0.789. The molecule has 19 heavy (non-hydrogen) atoms. The van der Waals surface area contributed by atoms with Gasteiger partial charge in [0.1, 0.15) is 0 Å². The first-order chi connectivity index (χ1) is 8.86. The molecule has 1 amide bonds. The van der Waals surface area contributed by atoms with Crippen molar-refractivity contribution >= 4 is 17.6 Å². The number of aromatic nitrogens is 2. The minimum Gasteiger partial charge on any atom is -0.481 e. The fourth-order valence-electron chi connectivity index (χ4n) is 1.73. The number of carbonyl (C=O) groups is 2. The molecular weight excluding hydrogens is 246 g/mol. The molecule has 0 saturated carbocycles. The smallest absolute Gasteiger partial charge is 0.305 e. The summed E-state index contributed by atoms with van der Waals surface area (Å²) in [6, 6.07) is 0. The molecule has 1 heterocycles. The van der Waals surface area contributed by atoms with E-state index in [0.29, 0.717) is 17.9 Å². The van der Waals surface area contributed by atoms with Gasteiger partial charge in [0.2, 0.25) is 5.91 Å². The third-order valence-corrected chi connectivity index (χ3v) is 3.23. The predicted octanol–water partition coefficient (Wildman–Crippen LogP) is 1.96. The second-order valence-electron chi connectivity index (χ2n) is 4.71. The topological polar surface area (TPSA) is 84.2 Å². The molecular formula is C13H21N3O3. The molecule has 1 aromatic heterocycles. The number of hydrogen-bond acceptors (Lipinski definition) is 3. The summed E-state index contributed by atoms with van der Waals surface area (Å²) in [5, 5.41) is 15.8. The number of nitrogens with zero attached hydrogens (tertiary/aromatic N) is 2. The second-order valence-corrected chi connectivity index (χ2v) is 4.71. The molecule has 0 radical (unpaired) electrons. The van der Waals surface area contributed by atoms with E-state index in [4.69, 9.17) is 5.11 Å². The van der Waals surface area contributed by atoms with Crippen LogP contribution in [0.5, 0.6) is 0 Å². The molecule has 0 saturated heterocycles. The third kappa shape index (κ3) is 3.81. The van der Waals surface area contributed by atoms with Crippen molar-refractivity contribution in [2.75, 3.05) is 5.32 Å². The number of carboxylic acid groups (broad SMARTS) is 1. The quantitative estimate of drug-likeness (QED) is 0.825. The molecule has 1 rings (SSSR count). The van der Waals surface area contributed by atoms with Crippen LogP contribution in [-0.2, 0) is 16.1 Å². The minimum absolute atomic E-state index is 0.0146. The highest BCUT2D eigenvalue weighted by Crippen LogP contribution is 2.20. The number of anilines is 1. The van der Waals surface area contributed by atoms with Crippen molar-refractivity contribution in [1.82, 2.24) is 9.78 Å². The van der Waals surface area contributed by atoms with Gasteiger partial charge < -0.3 is 10.4 Å². The van der Waals surface area contributed by atoms with Gasteiger partial charge in [-0.25, -0.2) is 0 Å². The van der Waals surface area contributed by atoms with Crippen LogP contribution >= 0.6 is 0 Å². The second kappa shape index (κ2) is 6.36. The van der Waals surface area contributed by atoms with E-state index in [2.05, 4.69) is 10.4 Å². The van der Waals surface area contributed by atoms with Crippen LogP contribution in [-0.4, -0.2) is 26.8 Å². The number of amides is 1. The maximum Gasteiger partial charge on any atom is 0.305 e. The van der Waals surface area contributed by atoms with Gasteiger partial charge in [-0.05, 0) is 20.3 Å². The molecule has 1 aromatic rings. The Labute approximate surface area is 112 Å². The number of carboxylic acids is 1. The van der Waals surface area contributed by atoms with Crippen LogP contribution in [0.25, 0.3) is 0 Å². The molecule has 0 aliphatic heterocycles. The number of nitrogens with one attached hydrogen (secondary N) is 1. The van der Waals surface area contributed by atoms with Crippen molar-refractivity contribution in [1.29, 1.82) is 0 Å². The standard InChI is InChI=1S/C13H21N3O3/c1-5-8(2)13(19)14-12-9(3)15-16(10(12)4)7-6-11(17)18/h8H,5-7H2,1-4H3,(H,14,19)(H,17,18). The van der Waals surface area contributed by atoms with Crippen molar-refractivity contribution < 1.29 is 14.7 Å². The predicted molar refractivity (Wildman–Crippen MR) is 72.0 cm³/mol. The van der Waals surface area contributed by atoms with Gasteiger partial charge in [-0.15, -0.1) is 0 Å². The van der Waals surface area contributed by atoms with Crippen LogP contribution < -0.4 is 5.32 Å². The lowest BCUT2D eigenvalue weighted by Gasteiger charge is -2.10. The molecule has 0 spiro atoms. The SMILES string of the molecule is CCC(C)C(=O)Nc1c(C)nn(CCC(=O)O)c1C. The van der Waals surface area contributed by atoms with E-state index in [1.807, 2.05) is 20.8 Å². The first-order valence-corrected chi connectivity index (χ1v) is 6.43. The van der Waals surface area contributed by atoms with Crippen molar-refractivity contribution in [2.24, 2.45) is 5.92 Å². The number of aliphatic carboxylic acids is 1. The van der Waals surface area contributed by atoms with Crippen LogP contribution in [0, 0.1) is 19.8 Å². The maximum atomic E-state index is 11.9. The highest BCUT2D eigenvalue weighted by atomic mass is 16.4. The molecule has 0 aliphatic rings. The molecule has 0 bridgehead atoms. The van der Waals surface area contributed by atoms with Crippen molar-refractivity contribution in [2.45, 2.75) is 47.1 Å². The van der Waals surface area contributed by atoms with E-state index in [0.717, 1.165) is 12.1 Å². The van der Waals surface area contributed by atoms with E-state index in [1.54, 1.807) is 11.6 Å². The number of carbonyl (C=O) groups excluding carboxylic acids is 1. The molecule has 1 atom stereocenters. The Morgan fingerprint density at radius 1 is 1.42 bits per heavy atom. The average molecular weight is 267 g/mol. The van der Waals surface area contributed by atoms with E-state index in [-0.39, 0.29) is 18.2 Å². The summed E-state index contributed by atoms with van der Waals surface area (Å²) in [6.45, 7) is 7.76. The molecule has 0 fully saturated rings. The van der Waals surface area contributed by atoms with Gasteiger partial charge in [-0.1, -0.05) is 13.8 Å². The summed E-state index contributed by atoms with van der Waals surface area (Å²) >= 11 is 0. The molecule has 6 nitrogen and oxygen atoms in total. The van der Waals surface area contributed by atoms with E-state index in [1.165, 1.54) is 0 Å². The van der Waals surface area contributed by atoms with Crippen LogP contribution in [0.4, 0.5) is 5.69 Å². The molecule has 6 heteroatoms. The Balaban J connectivity index is 2.85. The van der Waals surface area contributed by atoms with E-state index >= 15 is 0 Å². The third-order valence-electron chi connectivity index (χ3n) is 3.23. The van der Waals surface area contributed by atoms with Crippen LogP contribution in [0.15, 0.2) is 0 Å². The fraction of sp³-hybridized carbons (Fsp3) is 0.615. The zero-order valence-electron chi connectivity index (χ0n) is 11.9. The Morgan fingerprint density at radius 3 is 2.58 bits per heavy atom. The molecule has 106 valence electrons. The van der Waals surface area contributed by atoms with Crippen molar-refractivity contribution in [3.05, 3.63) is 11.4 Å². The van der Waals surface area contributed by atoms with Crippen molar-refractivity contribution in [3.63, 3.8) is 0 Å². The first kappa shape index (κ1) is 15.2. The normalized spacial score (nSPS) is 12.2. The lowest BCUT2D eigenvalue weighted by Crippen LogP contribution is -2.20. The minimum atomic E-state index is -0.863. The number of rotatable bonds is 6. The Bertz CT molecular complexity index is 480. The van der Waals surface area contributed by atoms with Crippen LogP contribution in [0.1, 0.15) is 38.1 Å². The van der Waals surface area contributed by atoms with Gasteiger partial charge in [0.25, 0.3) is 0 Å². The maximum absolute atomic E-state index is 11.9. The summed E-state index contributed by atoms with van der Waals surface area (Å²) in [5.41, 5.74) is 2.19. The van der Waals surface area contributed by atoms with E-state index < -0.39 is 5.97 Å². The van der Waals surface area contributed by atoms with Gasteiger partial charge in [-0.3, -0.25) is 14.3 Å². The largest absolute Gasteiger partial charge is 0.481 e. The lowest BCUT2D eigenvalue weighted by molar-refractivity contribution is -0.137. The molecule has 0 aliphatic carbocycles. The number of aryl methyl sites for hydroxylation is 2. The lowest BCUT2D eigenvalue weighted by atomic mass is 10.1. The summed E-state index contributed by atoms with van der Waals surface area (Å²) in [5.74, 6) is -0.953. The first-order valence-electron chi connectivity index (χ1n) is 6.43. The van der Waals surface area contributed by atoms with Gasteiger partial charge in [0, 0.05) is 5.92 Å². The number of hydrogen-bond donors (Lipinski definition) is 2. The van der Waals surface area contributed by atoms with Crippen LogP contribution in [0.2, 0.25) is 0 Å². The zero-order valence-corrected chi connectivity index (χ0v) is 11.9. The molecule has 0 aromatic carbocycles. The van der Waals surface area contributed by atoms with E-state index in [9.17, 15) is 9.59 Å². The Hall–Kier alpha value is -1.85. The zero-order chi connectivity index (χ0) is 14.6. The summed E-state index contributed by atoms with van der Waals surface area (Å²) in [4.78, 5) is 22.5. The Kier molecular flexibility index (Phi) is 5.09. The fourth-order valence-corrected chi connectivity index (χ4v) is 1.73. The summed E-state index contributed by atoms with van der Waals surface area (Å²) < 4.78 is 1.62. The Morgan fingerprint density at radius 2 is 2.05 bits per heavy atom. The van der Waals surface area contributed by atoms with Gasteiger partial charge in [-0.2, -0.15) is 5.10 Å². The van der Waals surface area contributed by atoms with Crippen LogP contribution in [0.3, 0.4) is 0 Å². The molecule has 1 unspecified atom stereocenters. The monoisotopic (exact) mass is 267 g/mol. The highest BCUT2D eigenvalue weighted by Gasteiger charge is 2.17. The van der Waals surface area contributed by atoms with Crippen molar-refractivity contribution in [3.8, 4) is 0 Å². The highest BCUT2D eigenvalue weighted by molar-refractivity contribution is 5.93. The average Bonchev–Trinajstić information content (AvgIpc) is 2.62. The molecule has 2 N–H and O–H groups in total.